The molecule has 0 radical (unpaired) electrons. The van der Waals surface area contributed by atoms with Crippen LogP contribution in [0, 0.1) is 10.1 Å². The van der Waals surface area contributed by atoms with Gasteiger partial charge in [-0.25, -0.2) is 9.48 Å². The van der Waals surface area contributed by atoms with E-state index in [2.05, 4.69) is 20.4 Å². The summed E-state index contributed by atoms with van der Waals surface area (Å²) in [4.78, 5) is 34.1. The van der Waals surface area contributed by atoms with Crippen LogP contribution in [0.1, 0.15) is 20.8 Å². The average Bonchev–Trinajstić information content (AvgIpc) is 3.18. The molecule has 0 aliphatic heterocycles. The van der Waals surface area contributed by atoms with Crippen LogP contribution in [0.2, 0.25) is 0 Å². The van der Waals surface area contributed by atoms with Crippen molar-refractivity contribution < 1.29 is 19.2 Å². The average molecular weight is 367 g/mol. The molecule has 0 atom stereocenters. The van der Waals surface area contributed by atoms with Gasteiger partial charge < -0.3 is 10.1 Å². The molecule has 0 spiro atoms. The van der Waals surface area contributed by atoms with Gasteiger partial charge in [0.25, 0.3) is 11.6 Å². The zero-order chi connectivity index (χ0) is 19.4. The van der Waals surface area contributed by atoms with E-state index >= 15 is 0 Å². The highest BCUT2D eigenvalue weighted by Gasteiger charge is 2.19. The quantitative estimate of drug-likeness (QED) is 0.416. The molecule has 1 amide bonds. The molecular formula is C17H13N5O5. The Morgan fingerprint density at radius 1 is 1.15 bits per heavy atom. The Labute approximate surface area is 152 Å². The predicted molar refractivity (Wildman–Crippen MR) is 93.7 cm³/mol. The third-order valence-corrected chi connectivity index (χ3v) is 3.62. The van der Waals surface area contributed by atoms with E-state index in [4.69, 9.17) is 0 Å². The molecule has 0 aliphatic carbocycles. The molecule has 0 saturated heterocycles. The number of nitro benzene ring substituents is 1. The van der Waals surface area contributed by atoms with E-state index in [1.165, 1.54) is 36.2 Å². The number of carbonyl (C=O) groups excluding carboxylic acids is 2. The smallest absolute Gasteiger partial charge is 0.360 e. The zero-order valence-corrected chi connectivity index (χ0v) is 14.0. The van der Waals surface area contributed by atoms with Crippen molar-refractivity contribution in [2.45, 2.75) is 0 Å². The number of nitrogens with zero attached hydrogens (tertiary/aromatic N) is 4. The molecule has 0 fully saturated rings. The molecule has 0 aliphatic rings. The Morgan fingerprint density at radius 2 is 1.85 bits per heavy atom. The number of amides is 1. The lowest BCUT2D eigenvalue weighted by Crippen LogP contribution is -2.13. The molecule has 10 nitrogen and oxygen atoms in total. The Bertz CT molecular complexity index is 1010. The van der Waals surface area contributed by atoms with Crippen molar-refractivity contribution in [1.82, 2.24) is 15.0 Å². The molecule has 0 unspecified atom stereocenters. The van der Waals surface area contributed by atoms with Gasteiger partial charge in [-0.15, -0.1) is 5.10 Å². The standard InChI is InChI=1S/C17H13N5O5/c1-27-17(24)14-10-21(20-19-14)12-8-6-11(7-9-12)18-16(23)13-4-2-3-5-15(13)22(25)26/h2-10H,1H3,(H,18,23). The first-order valence-corrected chi connectivity index (χ1v) is 7.65. The second-order valence-electron chi connectivity index (χ2n) is 5.32. The lowest BCUT2D eigenvalue weighted by molar-refractivity contribution is -0.385. The molecule has 3 aromatic rings. The summed E-state index contributed by atoms with van der Waals surface area (Å²) in [6.45, 7) is 0. The highest BCUT2D eigenvalue weighted by atomic mass is 16.6. The Morgan fingerprint density at radius 3 is 2.52 bits per heavy atom. The normalized spacial score (nSPS) is 10.3. The molecule has 1 aromatic heterocycles. The number of methoxy groups -OCH3 is 1. The van der Waals surface area contributed by atoms with Crippen LogP contribution in [-0.2, 0) is 4.74 Å². The van der Waals surface area contributed by atoms with E-state index < -0.39 is 16.8 Å². The van der Waals surface area contributed by atoms with Gasteiger partial charge in [0, 0.05) is 11.8 Å². The number of aromatic nitrogens is 3. The number of hydrogen-bond acceptors (Lipinski definition) is 7. The maximum absolute atomic E-state index is 12.3. The Balaban J connectivity index is 1.76. The maximum Gasteiger partial charge on any atom is 0.360 e. The number of hydrogen-bond donors (Lipinski definition) is 1. The third kappa shape index (κ3) is 3.79. The van der Waals surface area contributed by atoms with Crippen LogP contribution in [0.4, 0.5) is 11.4 Å². The molecule has 27 heavy (non-hydrogen) atoms. The van der Waals surface area contributed by atoms with Gasteiger partial charge >= 0.3 is 5.97 Å². The fourth-order valence-electron chi connectivity index (χ4n) is 2.31. The van der Waals surface area contributed by atoms with Gasteiger partial charge in [0.1, 0.15) is 5.56 Å². The number of esters is 1. The fourth-order valence-corrected chi connectivity index (χ4v) is 2.31. The van der Waals surface area contributed by atoms with Crippen molar-refractivity contribution in [3.05, 3.63) is 76.1 Å². The highest BCUT2D eigenvalue weighted by molar-refractivity contribution is 6.07. The first-order chi connectivity index (χ1) is 13.0. The predicted octanol–water partition coefficient (Wildman–Crippen LogP) is 2.21. The molecular weight excluding hydrogens is 354 g/mol. The SMILES string of the molecule is COC(=O)c1cn(-c2ccc(NC(=O)c3ccccc3[N+](=O)[O-])cc2)nn1. The van der Waals surface area contributed by atoms with Gasteiger partial charge in [0.15, 0.2) is 5.69 Å². The number of anilines is 1. The maximum atomic E-state index is 12.3. The second kappa shape index (κ2) is 7.44. The van der Waals surface area contributed by atoms with Crippen molar-refractivity contribution >= 4 is 23.3 Å². The van der Waals surface area contributed by atoms with Crippen molar-refractivity contribution in [2.75, 3.05) is 12.4 Å². The number of rotatable bonds is 5. The number of nitrogens with one attached hydrogen (secondary N) is 1. The Hall–Kier alpha value is -4.08. The summed E-state index contributed by atoms with van der Waals surface area (Å²) in [5, 5.41) is 21.2. The van der Waals surface area contributed by atoms with Crippen LogP contribution < -0.4 is 5.32 Å². The fraction of sp³-hybridized carbons (Fsp3) is 0.0588. The minimum absolute atomic E-state index is 0.0365. The number of ether oxygens (including phenoxy) is 1. The van der Waals surface area contributed by atoms with Crippen LogP contribution in [-0.4, -0.2) is 38.9 Å². The van der Waals surface area contributed by atoms with Crippen LogP contribution in [0.3, 0.4) is 0 Å². The van der Waals surface area contributed by atoms with E-state index in [1.54, 1.807) is 30.3 Å². The van der Waals surface area contributed by atoms with E-state index in [9.17, 15) is 19.7 Å². The minimum Gasteiger partial charge on any atom is -0.464 e. The lowest BCUT2D eigenvalue weighted by atomic mass is 10.1. The van der Waals surface area contributed by atoms with Gasteiger partial charge in [-0.3, -0.25) is 14.9 Å². The highest BCUT2D eigenvalue weighted by Crippen LogP contribution is 2.20. The van der Waals surface area contributed by atoms with Gasteiger partial charge in [-0.1, -0.05) is 17.3 Å². The van der Waals surface area contributed by atoms with Gasteiger partial charge in [-0.2, -0.15) is 0 Å². The molecule has 136 valence electrons. The van der Waals surface area contributed by atoms with Gasteiger partial charge in [-0.05, 0) is 30.3 Å². The first-order valence-electron chi connectivity index (χ1n) is 7.65. The summed E-state index contributed by atoms with van der Waals surface area (Å²) in [5.74, 6) is -1.20. The Kier molecular flexibility index (Phi) is 4.88. The lowest BCUT2D eigenvalue weighted by Gasteiger charge is -2.07. The molecule has 0 saturated carbocycles. The van der Waals surface area contributed by atoms with Crippen LogP contribution in [0.5, 0.6) is 0 Å². The van der Waals surface area contributed by atoms with Crippen molar-refractivity contribution in [1.29, 1.82) is 0 Å². The number of benzene rings is 2. The van der Waals surface area contributed by atoms with Gasteiger partial charge in [0.05, 0.1) is 23.9 Å². The monoisotopic (exact) mass is 367 g/mol. The summed E-state index contributed by atoms with van der Waals surface area (Å²) >= 11 is 0. The van der Waals surface area contributed by atoms with Crippen molar-refractivity contribution in [2.24, 2.45) is 0 Å². The second-order valence-corrected chi connectivity index (χ2v) is 5.32. The summed E-state index contributed by atoms with van der Waals surface area (Å²) in [5.41, 5.74) is 0.790. The van der Waals surface area contributed by atoms with Crippen molar-refractivity contribution in [3.63, 3.8) is 0 Å². The summed E-state index contributed by atoms with van der Waals surface area (Å²) in [6, 6.07) is 12.2. The van der Waals surface area contributed by atoms with Crippen molar-refractivity contribution in [3.8, 4) is 5.69 Å². The van der Waals surface area contributed by atoms with E-state index in [0.717, 1.165) is 0 Å². The summed E-state index contributed by atoms with van der Waals surface area (Å²) in [6.07, 6.45) is 1.41. The first kappa shape index (κ1) is 17.7. The number of nitro groups is 1. The molecule has 1 N–H and O–H groups in total. The van der Waals surface area contributed by atoms with E-state index in [1.807, 2.05) is 0 Å². The molecule has 10 heteroatoms. The molecule has 1 heterocycles. The largest absolute Gasteiger partial charge is 0.464 e. The topological polar surface area (TPSA) is 129 Å². The molecule has 3 rings (SSSR count). The zero-order valence-electron chi connectivity index (χ0n) is 14.0. The van der Waals surface area contributed by atoms with E-state index in [-0.39, 0.29) is 16.9 Å². The van der Waals surface area contributed by atoms with Gasteiger partial charge in [0.2, 0.25) is 0 Å². The molecule has 2 aromatic carbocycles. The van der Waals surface area contributed by atoms with E-state index in [0.29, 0.717) is 11.4 Å². The number of carbonyl (C=O) groups is 2. The third-order valence-electron chi connectivity index (χ3n) is 3.62. The molecule has 0 bridgehead atoms. The minimum atomic E-state index is -0.610. The summed E-state index contributed by atoms with van der Waals surface area (Å²) < 4.78 is 5.94. The van der Waals surface area contributed by atoms with Crippen LogP contribution in [0.15, 0.2) is 54.7 Å². The van der Waals surface area contributed by atoms with Crippen LogP contribution >= 0.6 is 0 Å². The van der Waals surface area contributed by atoms with Crippen LogP contribution in [0.25, 0.3) is 5.69 Å². The summed E-state index contributed by atoms with van der Waals surface area (Å²) in [7, 11) is 1.25. The number of para-hydroxylation sites is 1.